The third kappa shape index (κ3) is 4.67. The van der Waals surface area contributed by atoms with E-state index in [9.17, 15) is 9.59 Å². The highest BCUT2D eigenvalue weighted by Gasteiger charge is 2.31. The van der Waals surface area contributed by atoms with Crippen LogP contribution in [0.5, 0.6) is 0 Å². The number of amides is 2. The Morgan fingerprint density at radius 2 is 2.11 bits per heavy atom. The SMILES string of the molecule is Cl.O=C(CCCc1csc2ccccc12)N1CCCC(N2CCNCC2=O)C1. The molecule has 2 aliphatic rings. The highest BCUT2D eigenvalue weighted by molar-refractivity contribution is 7.17. The summed E-state index contributed by atoms with van der Waals surface area (Å²) in [5, 5.41) is 6.67. The molecule has 1 N–H and O–H groups in total. The number of piperazine rings is 1. The number of halogens is 1. The number of likely N-dealkylation sites (tertiary alicyclic amines) is 1. The van der Waals surface area contributed by atoms with Crippen molar-refractivity contribution in [1.82, 2.24) is 15.1 Å². The van der Waals surface area contributed by atoms with Crippen molar-refractivity contribution in [3.05, 3.63) is 35.2 Å². The Morgan fingerprint density at radius 3 is 2.96 bits per heavy atom. The molecule has 0 bridgehead atoms. The zero-order valence-corrected chi connectivity index (χ0v) is 17.7. The summed E-state index contributed by atoms with van der Waals surface area (Å²) in [6, 6.07) is 8.66. The van der Waals surface area contributed by atoms with Gasteiger partial charge in [-0.15, -0.1) is 23.7 Å². The molecule has 2 amide bonds. The molecule has 1 aromatic heterocycles. The van der Waals surface area contributed by atoms with Gasteiger partial charge >= 0.3 is 0 Å². The number of nitrogens with one attached hydrogen (secondary N) is 1. The standard InChI is InChI=1S/C21H27N3O2S.ClH/c25-20(9-3-5-16-15-27-19-8-2-1-7-18(16)19)23-11-4-6-17(14-23)24-12-10-22-13-21(24)26;/h1-2,7-8,15,17,22H,3-6,9-14H2;1H. The number of rotatable bonds is 5. The summed E-state index contributed by atoms with van der Waals surface area (Å²) in [6.07, 6.45) is 4.42. The van der Waals surface area contributed by atoms with Gasteiger partial charge in [0.25, 0.3) is 0 Å². The van der Waals surface area contributed by atoms with Crippen LogP contribution < -0.4 is 5.32 Å². The van der Waals surface area contributed by atoms with Crippen LogP contribution in [0.1, 0.15) is 31.2 Å². The molecule has 0 radical (unpaired) electrons. The topological polar surface area (TPSA) is 52.7 Å². The van der Waals surface area contributed by atoms with Crippen molar-refractivity contribution in [3.8, 4) is 0 Å². The summed E-state index contributed by atoms with van der Waals surface area (Å²) in [5.74, 6) is 0.409. The number of benzene rings is 1. The summed E-state index contributed by atoms with van der Waals surface area (Å²) in [6.45, 7) is 3.57. The predicted octanol–water partition coefficient (Wildman–Crippen LogP) is 3.07. The van der Waals surface area contributed by atoms with Crippen molar-refractivity contribution in [2.24, 2.45) is 0 Å². The van der Waals surface area contributed by atoms with E-state index in [0.717, 1.165) is 45.3 Å². The van der Waals surface area contributed by atoms with Crippen LogP contribution in [0.4, 0.5) is 0 Å². The van der Waals surface area contributed by atoms with Crippen LogP contribution in [-0.2, 0) is 16.0 Å². The summed E-state index contributed by atoms with van der Waals surface area (Å²) >= 11 is 1.78. The van der Waals surface area contributed by atoms with Crippen LogP contribution in [0, 0.1) is 0 Å². The molecular formula is C21H28ClN3O2S. The first-order chi connectivity index (χ1) is 13.2. The van der Waals surface area contributed by atoms with E-state index < -0.39 is 0 Å². The van der Waals surface area contributed by atoms with Crippen LogP contribution in [0.3, 0.4) is 0 Å². The molecule has 152 valence electrons. The number of thiophene rings is 1. The molecule has 2 aromatic rings. The van der Waals surface area contributed by atoms with E-state index in [4.69, 9.17) is 0 Å². The van der Waals surface area contributed by atoms with Gasteiger partial charge in [-0.25, -0.2) is 0 Å². The molecule has 4 rings (SSSR count). The lowest BCUT2D eigenvalue weighted by molar-refractivity contribution is -0.140. The fraction of sp³-hybridized carbons (Fsp3) is 0.524. The molecule has 1 atom stereocenters. The summed E-state index contributed by atoms with van der Waals surface area (Å²) < 4.78 is 1.32. The minimum Gasteiger partial charge on any atom is -0.341 e. The van der Waals surface area contributed by atoms with Crippen LogP contribution in [0.25, 0.3) is 10.1 Å². The average molecular weight is 422 g/mol. The highest BCUT2D eigenvalue weighted by Crippen LogP contribution is 2.27. The maximum atomic E-state index is 12.7. The number of nitrogens with zero attached hydrogens (tertiary/aromatic N) is 2. The average Bonchev–Trinajstić information content (AvgIpc) is 3.12. The van der Waals surface area contributed by atoms with E-state index in [0.29, 0.717) is 19.5 Å². The number of carbonyl (C=O) groups excluding carboxylic acids is 2. The van der Waals surface area contributed by atoms with Gasteiger partial charge in [0.2, 0.25) is 11.8 Å². The molecule has 1 aromatic carbocycles. The Labute approximate surface area is 176 Å². The summed E-state index contributed by atoms with van der Waals surface area (Å²) in [7, 11) is 0. The van der Waals surface area contributed by atoms with E-state index in [2.05, 4.69) is 35.0 Å². The van der Waals surface area contributed by atoms with E-state index in [1.165, 1.54) is 15.6 Å². The lowest BCUT2D eigenvalue weighted by Gasteiger charge is -2.41. The molecule has 5 nitrogen and oxygen atoms in total. The van der Waals surface area contributed by atoms with Crippen molar-refractivity contribution < 1.29 is 9.59 Å². The Kier molecular flexibility index (Phi) is 7.32. The minimum atomic E-state index is 0. The largest absolute Gasteiger partial charge is 0.341 e. The lowest BCUT2D eigenvalue weighted by atomic mass is 10.0. The Bertz CT molecular complexity index is 825. The summed E-state index contributed by atoms with van der Waals surface area (Å²) in [4.78, 5) is 28.8. The molecular weight excluding hydrogens is 394 g/mol. The molecule has 0 spiro atoms. The Hall–Kier alpha value is -1.63. The third-order valence-electron chi connectivity index (χ3n) is 5.71. The van der Waals surface area contributed by atoms with Crippen LogP contribution in [-0.4, -0.2) is 60.4 Å². The van der Waals surface area contributed by atoms with E-state index in [1.807, 2.05) is 9.80 Å². The van der Waals surface area contributed by atoms with E-state index in [-0.39, 0.29) is 30.3 Å². The van der Waals surface area contributed by atoms with Crippen molar-refractivity contribution in [1.29, 1.82) is 0 Å². The van der Waals surface area contributed by atoms with Crippen LogP contribution in [0.15, 0.2) is 29.6 Å². The zero-order chi connectivity index (χ0) is 18.6. The van der Waals surface area contributed by atoms with Crippen molar-refractivity contribution >= 4 is 45.6 Å². The lowest BCUT2D eigenvalue weighted by Crippen LogP contribution is -2.57. The van der Waals surface area contributed by atoms with Gasteiger partial charge in [0, 0.05) is 43.3 Å². The van der Waals surface area contributed by atoms with Gasteiger partial charge in [0.15, 0.2) is 0 Å². The van der Waals surface area contributed by atoms with Gasteiger partial charge in [-0.3, -0.25) is 9.59 Å². The number of piperidine rings is 1. The molecule has 0 saturated carbocycles. The van der Waals surface area contributed by atoms with Crippen LogP contribution >= 0.6 is 23.7 Å². The number of hydrogen-bond acceptors (Lipinski definition) is 4. The maximum Gasteiger partial charge on any atom is 0.236 e. The smallest absolute Gasteiger partial charge is 0.236 e. The van der Waals surface area contributed by atoms with E-state index in [1.54, 1.807) is 11.3 Å². The second-order valence-electron chi connectivity index (χ2n) is 7.51. The first kappa shape index (κ1) is 21.1. The Morgan fingerprint density at radius 1 is 1.25 bits per heavy atom. The monoisotopic (exact) mass is 421 g/mol. The molecule has 3 heterocycles. The van der Waals surface area contributed by atoms with Gasteiger partial charge in [0.1, 0.15) is 0 Å². The van der Waals surface area contributed by atoms with Gasteiger partial charge in [-0.05, 0) is 48.1 Å². The second-order valence-corrected chi connectivity index (χ2v) is 8.42. The summed E-state index contributed by atoms with van der Waals surface area (Å²) in [5.41, 5.74) is 1.35. The Balaban J connectivity index is 0.00000225. The van der Waals surface area contributed by atoms with Gasteiger partial charge < -0.3 is 15.1 Å². The van der Waals surface area contributed by atoms with Crippen LogP contribution in [0.2, 0.25) is 0 Å². The third-order valence-corrected chi connectivity index (χ3v) is 6.73. The zero-order valence-electron chi connectivity index (χ0n) is 16.1. The van der Waals surface area contributed by atoms with Crippen molar-refractivity contribution in [2.45, 2.75) is 38.1 Å². The molecule has 2 aliphatic heterocycles. The molecule has 0 aliphatic carbocycles. The fourth-order valence-electron chi connectivity index (χ4n) is 4.26. The number of fused-ring (bicyclic) bond motifs is 1. The minimum absolute atomic E-state index is 0. The molecule has 7 heteroatoms. The van der Waals surface area contributed by atoms with Crippen molar-refractivity contribution in [3.63, 3.8) is 0 Å². The first-order valence-electron chi connectivity index (χ1n) is 9.95. The highest BCUT2D eigenvalue weighted by atomic mass is 35.5. The first-order valence-corrected chi connectivity index (χ1v) is 10.8. The maximum absolute atomic E-state index is 12.7. The molecule has 1 unspecified atom stereocenters. The number of carbonyl (C=O) groups is 2. The number of aryl methyl sites for hydroxylation is 1. The quantitative estimate of drug-likeness (QED) is 0.807. The van der Waals surface area contributed by atoms with Crippen molar-refractivity contribution in [2.75, 3.05) is 32.7 Å². The van der Waals surface area contributed by atoms with Gasteiger partial charge in [-0.1, -0.05) is 18.2 Å². The molecule has 2 saturated heterocycles. The number of hydrogen-bond donors (Lipinski definition) is 1. The fourth-order valence-corrected chi connectivity index (χ4v) is 5.25. The normalized spacial score (nSPS) is 20.3. The predicted molar refractivity (Wildman–Crippen MR) is 116 cm³/mol. The molecule has 2 fully saturated rings. The molecule has 28 heavy (non-hydrogen) atoms. The van der Waals surface area contributed by atoms with E-state index >= 15 is 0 Å². The second kappa shape index (κ2) is 9.72. The van der Waals surface area contributed by atoms with Gasteiger partial charge in [0.05, 0.1) is 6.54 Å². The van der Waals surface area contributed by atoms with Gasteiger partial charge in [-0.2, -0.15) is 0 Å².